The fraction of sp³-hybridized carbons (Fsp3) is 0. The quantitative estimate of drug-likeness (QED) is 0.552. The van der Waals surface area contributed by atoms with E-state index in [1.807, 2.05) is 0 Å². The Hall–Kier alpha value is -1.14. The van der Waals surface area contributed by atoms with Crippen molar-refractivity contribution in [2.75, 3.05) is 5.73 Å². The molecule has 1 heterocycles. The Morgan fingerprint density at radius 3 is 2.82 bits per heavy atom. The highest BCUT2D eigenvalue weighted by Gasteiger charge is 2.16. The molecule has 58 valence electrons. The van der Waals surface area contributed by atoms with Gasteiger partial charge in [-0.3, -0.25) is 0 Å². The smallest absolute Gasteiger partial charge is 0.421 e. The Bertz CT molecular complexity index is 230. The van der Waals surface area contributed by atoms with Gasteiger partial charge in [0.1, 0.15) is 5.82 Å². The van der Waals surface area contributed by atoms with E-state index in [4.69, 9.17) is 10.8 Å². The number of nitrogens with zero attached hydrogens (tertiary/aromatic N) is 1. The molecule has 0 fully saturated rings. The van der Waals surface area contributed by atoms with Crippen molar-refractivity contribution >= 4 is 18.4 Å². The summed E-state index contributed by atoms with van der Waals surface area (Å²) >= 11 is 0. The van der Waals surface area contributed by atoms with Gasteiger partial charge >= 0.3 is 7.12 Å². The summed E-state index contributed by atoms with van der Waals surface area (Å²) in [6.07, 6.45) is 1.24. The summed E-state index contributed by atoms with van der Waals surface area (Å²) in [6, 6.07) is 2.87. The minimum atomic E-state index is -1.58. The molecule has 0 aromatic carbocycles. The van der Waals surface area contributed by atoms with Gasteiger partial charge in [-0.05, 0) is 6.07 Å². The molecule has 6 heteroatoms. The Morgan fingerprint density at radius 1 is 1.64 bits per heavy atom. The van der Waals surface area contributed by atoms with Gasteiger partial charge in [0.2, 0.25) is 0 Å². The molecule has 0 amide bonds. The summed E-state index contributed by atoms with van der Waals surface area (Å²) in [5.74, 6) is 0.305. The Labute approximate surface area is 62.9 Å². The fourth-order valence-corrected chi connectivity index (χ4v) is 0.614. The first-order valence-corrected chi connectivity index (χ1v) is 2.91. The van der Waals surface area contributed by atoms with Crippen LogP contribution in [0.4, 0.5) is 10.3 Å². The Kier molecular flexibility index (Phi) is 2.40. The molecule has 0 radical (unpaired) electrons. The summed E-state index contributed by atoms with van der Waals surface area (Å²) < 4.78 is 11.4. The summed E-state index contributed by atoms with van der Waals surface area (Å²) in [5, 5.41) is 8.74. The van der Waals surface area contributed by atoms with Gasteiger partial charge in [-0.2, -0.15) is 0 Å². The van der Waals surface area contributed by atoms with Crippen LogP contribution in [0, 0.1) is 0 Å². The van der Waals surface area contributed by atoms with Gasteiger partial charge in [0.25, 0.3) is 0 Å². The van der Waals surface area contributed by atoms with E-state index in [2.05, 4.69) is 9.84 Å². The third-order valence-corrected chi connectivity index (χ3v) is 1.18. The van der Waals surface area contributed by atoms with Gasteiger partial charge in [0, 0.05) is 11.7 Å². The molecule has 4 nitrogen and oxygen atoms in total. The van der Waals surface area contributed by atoms with Crippen LogP contribution in [0.2, 0.25) is 0 Å². The molecule has 0 aliphatic carbocycles. The second kappa shape index (κ2) is 3.31. The van der Waals surface area contributed by atoms with E-state index in [9.17, 15) is 4.53 Å². The van der Waals surface area contributed by atoms with Crippen LogP contribution in [0.5, 0.6) is 0 Å². The van der Waals surface area contributed by atoms with Gasteiger partial charge in [-0.25, -0.2) is 9.84 Å². The predicted molar refractivity (Wildman–Crippen MR) is 38.4 cm³/mol. The Morgan fingerprint density at radius 2 is 2.36 bits per heavy atom. The maximum atomic E-state index is 11.4. The number of rotatable bonds is 2. The molecule has 1 aromatic heterocycles. The number of hydrogen-bond donors (Lipinski definition) is 2. The maximum absolute atomic E-state index is 11.4. The fourth-order valence-electron chi connectivity index (χ4n) is 0.614. The molecule has 0 unspecified atom stereocenters. The molecule has 3 N–H and O–H groups in total. The van der Waals surface area contributed by atoms with Crippen LogP contribution in [0.15, 0.2) is 18.3 Å². The van der Waals surface area contributed by atoms with E-state index in [0.717, 1.165) is 0 Å². The van der Waals surface area contributed by atoms with Crippen LogP contribution in [0.3, 0.4) is 0 Å². The van der Waals surface area contributed by atoms with Gasteiger partial charge in [-0.15, -0.1) is 0 Å². The van der Waals surface area contributed by atoms with Crippen LogP contribution < -0.4 is 11.2 Å². The summed E-state index contributed by atoms with van der Waals surface area (Å²) in [6.45, 7) is 0. The van der Waals surface area contributed by atoms with Crippen molar-refractivity contribution in [2.24, 2.45) is 0 Å². The molecular formula is C5H6BFN2O2. The van der Waals surface area contributed by atoms with Crippen LogP contribution in [0.25, 0.3) is 0 Å². The second-order valence-corrected chi connectivity index (χ2v) is 1.96. The lowest BCUT2D eigenvalue weighted by molar-refractivity contribution is -0.0267. The van der Waals surface area contributed by atoms with E-state index in [1.54, 1.807) is 0 Å². The molecule has 11 heavy (non-hydrogen) atoms. The molecular weight excluding hydrogens is 150 g/mol. The lowest BCUT2D eigenvalue weighted by Gasteiger charge is -1.98. The molecule has 0 saturated heterocycles. The monoisotopic (exact) mass is 156 g/mol. The minimum absolute atomic E-state index is 0.224. The average Bonchev–Trinajstić information content (AvgIpc) is 2.05. The number of hydrogen-bond acceptors (Lipinski definition) is 4. The molecule has 0 spiro atoms. The van der Waals surface area contributed by atoms with Crippen molar-refractivity contribution in [2.45, 2.75) is 0 Å². The van der Waals surface area contributed by atoms with Crippen LogP contribution >= 0.6 is 0 Å². The highest BCUT2D eigenvalue weighted by molar-refractivity contribution is 6.59. The summed E-state index contributed by atoms with van der Waals surface area (Å²) in [7, 11) is -1.58. The number of aromatic nitrogens is 1. The third-order valence-electron chi connectivity index (χ3n) is 1.18. The standard InChI is InChI=1S/C5H6BFN2O2/c7-11-6(10)4-1-2-5(8)9-3-4/h1-3,10H,(H2,8,9). The summed E-state index contributed by atoms with van der Waals surface area (Å²) in [4.78, 5) is 6.77. The number of nitrogens with two attached hydrogens (primary N) is 1. The topological polar surface area (TPSA) is 68.4 Å². The number of halogens is 1. The van der Waals surface area contributed by atoms with Gasteiger partial charge in [-0.1, -0.05) is 10.6 Å². The third kappa shape index (κ3) is 1.89. The molecule has 0 bridgehead atoms. The van der Waals surface area contributed by atoms with Crippen molar-refractivity contribution in [3.8, 4) is 0 Å². The second-order valence-electron chi connectivity index (χ2n) is 1.96. The molecule has 0 aliphatic rings. The van der Waals surface area contributed by atoms with E-state index in [-0.39, 0.29) is 5.46 Å². The lowest BCUT2D eigenvalue weighted by Crippen LogP contribution is -2.31. The van der Waals surface area contributed by atoms with E-state index in [1.165, 1.54) is 18.3 Å². The van der Waals surface area contributed by atoms with Crippen molar-refractivity contribution in [3.63, 3.8) is 0 Å². The van der Waals surface area contributed by atoms with Gasteiger partial charge in [0.15, 0.2) is 0 Å². The summed E-state index contributed by atoms with van der Waals surface area (Å²) in [5.41, 5.74) is 5.46. The van der Waals surface area contributed by atoms with Crippen LogP contribution in [0.1, 0.15) is 0 Å². The first-order chi connectivity index (χ1) is 5.24. The maximum Gasteiger partial charge on any atom is 0.531 e. The first kappa shape index (κ1) is 7.97. The zero-order valence-corrected chi connectivity index (χ0v) is 5.57. The number of anilines is 1. The van der Waals surface area contributed by atoms with Crippen molar-refractivity contribution in [1.82, 2.24) is 4.98 Å². The largest absolute Gasteiger partial charge is 0.531 e. The van der Waals surface area contributed by atoms with Crippen LogP contribution in [-0.2, 0) is 4.86 Å². The zero-order chi connectivity index (χ0) is 8.27. The van der Waals surface area contributed by atoms with Crippen molar-refractivity contribution in [1.29, 1.82) is 0 Å². The molecule has 0 atom stereocenters. The predicted octanol–water partition coefficient (Wildman–Crippen LogP) is -0.748. The molecule has 0 aliphatic heterocycles. The highest BCUT2D eigenvalue weighted by Crippen LogP contribution is 1.92. The zero-order valence-electron chi connectivity index (χ0n) is 5.57. The number of pyridine rings is 1. The highest BCUT2D eigenvalue weighted by atomic mass is 19.3. The SMILES string of the molecule is Nc1ccc(B(O)OF)cn1. The van der Waals surface area contributed by atoms with Gasteiger partial charge in [0.05, 0.1) is 0 Å². The van der Waals surface area contributed by atoms with E-state index >= 15 is 0 Å². The molecule has 1 rings (SSSR count). The molecule has 0 saturated carbocycles. The van der Waals surface area contributed by atoms with Crippen LogP contribution in [-0.4, -0.2) is 17.1 Å². The van der Waals surface area contributed by atoms with Crippen molar-refractivity contribution in [3.05, 3.63) is 18.3 Å². The lowest BCUT2D eigenvalue weighted by atomic mass is 9.82. The van der Waals surface area contributed by atoms with E-state index < -0.39 is 7.12 Å². The van der Waals surface area contributed by atoms with Crippen molar-refractivity contribution < 1.29 is 14.4 Å². The Balaban J connectivity index is 2.81. The number of nitrogen functional groups attached to an aromatic ring is 1. The minimum Gasteiger partial charge on any atom is -0.421 e. The van der Waals surface area contributed by atoms with E-state index in [0.29, 0.717) is 5.82 Å². The average molecular weight is 156 g/mol. The van der Waals surface area contributed by atoms with Gasteiger partial charge < -0.3 is 10.8 Å². The molecule has 1 aromatic rings. The normalized spacial score (nSPS) is 9.64. The first-order valence-electron chi connectivity index (χ1n) is 2.91.